The molecule has 1 aromatic heterocycles. The molecule has 0 unspecified atom stereocenters. The van der Waals surface area contributed by atoms with Gasteiger partial charge in [-0.2, -0.15) is 0 Å². The molecular formula is C13H7BrCl2FNO2. The number of carbonyl (C=O) groups is 1. The van der Waals surface area contributed by atoms with Crippen LogP contribution in [0.3, 0.4) is 0 Å². The number of ether oxygens (including phenoxy) is 1. The number of rotatable bonds is 3. The van der Waals surface area contributed by atoms with Gasteiger partial charge in [0.15, 0.2) is 0 Å². The number of esters is 1. The van der Waals surface area contributed by atoms with Gasteiger partial charge in [-0.25, -0.2) is 14.2 Å². The Morgan fingerprint density at radius 2 is 2.05 bits per heavy atom. The van der Waals surface area contributed by atoms with Crippen molar-refractivity contribution in [3.63, 3.8) is 0 Å². The standard InChI is InChI=1S/C13H7BrCl2FNO2/c14-7-1-2-8(10(17)5-7)13(19)20-6-11-9(15)3-4-12(16)18-11/h1-5H,6H2. The van der Waals surface area contributed by atoms with Crippen LogP contribution in [0.2, 0.25) is 10.2 Å². The lowest BCUT2D eigenvalue weighted by molar-refractivity contribution is 0.0462. The van der Waals surface area contributed by atoms with Gasteiger partial charge >= 0.3 is 5.97 Å². The zero-order valence-corrected chi connectivity index (χ0v) is 13.0. The summed E-state index contributed by atoms with van der Waals surface area (Å²) in [7, 11) is 0. The molecule has 1 heterocycles. The number of halogens is 4. The summed E-state index contributed by atoms with van der Waals surface area (Å²) in [4.78, 5) is 15.7. The Bertz CT molecular complexity index is 667. The van der Waals surface area contributed by atoms with E-state index in [9.17, 15) is 9.18 Å². The Kier molecular flexibility index (Phi) is 4.96. The highest BCUT2D eigenvalue weighted by molar-refractivity contribution is 9.10. The molecule has 2 rings (SSSR count). The molecule has 0 aliphatic carbocycles. The average Bonchev–Trinajstić information content (AvgIpc) is 2.39. The lowest BCUT2D eigenvalue weighted by Gasteiger charge is -2.07. The van der Waals surface area contributed by atoms with Crippen molar-refractivity contribution in [2.75, 3.05) is 0 Å². The summed E-state index contributed by atoms with van der Waals surface area (Å²) < 4.78 is 19.1. The van der Waals surface area contributed by atoms with E-state index in [0.717, 1.165) is 0 Å². The summed E-state index contributed by atoms with van der Waals surface area (Å²) in [5, 5.41) is 0.550. The highest BCUT2D eigenvalue weighted by Crippen LogP contribution is 2.19. The van der Waals surface area contributed by atoms with E-state index in [2.05, 4.69) is 20.9 Å². The molecule has 0 saturated heterocycles. The first-order valence-corrected chi connectivity index (χ1v) is 6.95. The van der Waals surface area contributed by atoms with E-state index in [1.165, 1.54) is 18.2 Å². The van der Waals surface area contributed by atoms with Gasteiger partial charge in [0.1, 0.15) is 17.6 Å². The van der Waals surface area contributed by atoms with E-state index < -0.39 is 11.8 Å². The summed E-state index contributed by atoms with van der Waals surface area (Å²) in [5.41, 5.74) is 0.149. The number of nitrogens with zero attached hydrogens (tertiary/aromatic N) is 1. The predicted molar refractivity (Wildman–Crippen MR) is 77.5 cm³/mol. The monoisotopic (exact) mass is 377 g/mol. The summed E-state index contributed by atoms with van der Waals surface area (Å²) in [6.45, 7) is -0.187. The van der Waals surface area contributed by atoms with Gasteiger partial charge in [-0.1, -0.05) is 39.1 Å². The number of pyridine rings is 1. The minimum absolute atomic E-state index is 0.161. The molecule has 1 aromatic carbocycles. The van der Waals surface area contributed by atoms with Gasteiger partial charge in [0, 0.05) is 4.47 Å². The molecule has 104 valence electrons. The number of aromatic nitrogens is 1. The first-order valence-electron chi connectivity index (χ1n) is 5.40. The second-order valence-corrected chi connectivity index (χ2v) is 5.47. The lowest BCUT2D eigenvalue weighted by Crippen LogP contribution is -2.08. The van der Waals surface area contributed by atoms with Gasteiger partial charge in [-0.15, -0.1) is 0 Å². The second-order valence-electron chi connectivity index (χ2n) is 3.76. The van der Waals surface area contributed by atoms with Gasteiger partial charge in [-0.3, -0.25) is 0 Å². The fraction of sp³-hybridized carbons (Fsp3) is 0.0769. The fourth-order valence-corrected chi connectivity index (χ4v) is 2.08. The molecule has 0 spiro atoms. The molecule has 0 aliphatic heterocycles. The normalized spacial score (nSPS) is 10.4. The van der Waals surface area contributed by atoms with Crippen LogP contribution in [0.25, 0.3) is 0 Å². The quantitative estimate of drug-likeness (QED) is 0.576. The summed E-state index contributed by atoms with van der Waals surface area (Å²) in [5.74, 6) is -1.47. The van der Waals surface area contributed by atoms with Gasteiger partial charge < -0.3 is 4.74 Å². The first kappa shape index (κ1) is 15.2. The van der Waals surface area contributed by atoms with E-state index in [1.807, 2.05) is 0 Å². The summed E-state index contributed by atoms with van der Waals surface area (Å²) in [6, 6.07) is 7.12. The maximum atomic E-state index is 13.6. The molecule has 0 amide bonds. The second kappa shape index (κ2) is 6.52. The van der Waals surface area contributed by atoms with Crippen molar-refractivity contribution in [3.8, 4) is 0 Å². The van der Waals surface area contributed by atoms with Gasteiger partial charge in [-0.05, 0) is 30.3 Å². The molecular weight excluding hydrogens is 372 g/mol. The van der Waals surface area contributed by atoms with Crippen molar-refractivity contribution < 1.29 is 13.9 Å². The Balaban J connectivity index is 2.10. The largest absolute Gasteiger partial charge is 0.455 e. The number of hydrogen-bond acceptors (Lipinski definition) is 3. The molecule has 0 fully saturated rings. The third-order valence-electron chi connectivity index (χ3n) is 2.38. The molecule has 0 saturated carbocycles. The minimum atomic E-state index is -0.798. The van der Waals surface area contributed by atoms with Gasteiger partial charge in [0.25, 0.3) is 0 Å². The van der Waals surface area contributed by atoms with E-state index >= 15 is 0 Å². The molecule has 0 aliphatic rings. The van der Waals surface area contributed by atoms with Crippen molar-refractivity contribution in [1.29, 1.82) is 0 Å². The Labute approximate surface area is 132 Å². The van der Waals surface area contributed by atoms with Crippen molar-refractivity contribution in [2.24, 2.45) is 0 Å². The van der Waals surface area contributed by atoms with Crippen molar-refractivity contribution in [3.05, 3.63) is 62.1 Å². The molecule has 2 aromatic rings. The van der Waals surface area contributed by atoms with Crippen LogP contribution in [0.4, 0.5) is 4.39 Å². The van der Waals surface area contributed by atoms with E-state index in [0.29, 0.717) is 15.2 Å². The van der Waals surface area contributed by atoms with E-state index in [4.69, 9.17) is 27.9 Å². The Morgan fingerprint density at radius 1 is 1.30 bits per heavy atom. The minimum Gasteiger partial charge on any atom is -0.455 e. The lowest BCUT2D eigenvalue weighted by atomic mass is 10.2. The van der Waals surface area contributed by atoms with Crippen LogP contribution in [0.15, 0.2) is 34.8 Å². The highest BCUT2D eigenvalue weighted by Gasteiger charge is 2.14. The maximum Gasteiger partial charge on any atom is 0.341 e. The van der Waals surface area contributed by atoms with Crippen molar-refractivity contribution >= 4 is 45.1 Å². The zero-order valence-electron chi connectivity index (χ0n) is 9.87. The molecule has 3 nitrogen and oxygen atoms in total. The Morgan fingerprint density at radius 3 is 2.75 bits per heavy atom. The summed E-state index contributed by atoms with van der Waals surface area (Å²) >= 11 is 14.7. The molecule has 7 heteroatoms. The van der Waals surface area contributed by atoms with Crippen LogP contribution >= 0.6 is 39.1 Å². The van der Waals surface area contributed by atoms with Crippen LogP contribution < -0.4 is 0 Å². The zero-order chi connectivity index (χ0) is 14.7. The SMILES string of the molecule is O=C(OCc1nc(Cl)ccc1Cl)c1ccc(Br)cc1F. The van der Waals surface area contributed by atoms with Crippen LogP contribution in [0.5, 0.6) is 0 Å². The molecule has 20 heavy (non-hydrogen) atoms. The molecule has 0 atom stereocenters. The van der Waals surface area contributed by atoms with Crippen LogP contribution in [0.1, 0.15) is 16.1 Å². The molecule has 0 radical (unpaired) electrons. The molecule has 0 bridgehead atoms. The third-order valence-corrected chi connectivity index (χ3v) is 3.42. The maximum absolute atomic E-state index is 13.6. The number of carbonyl (C=O) groups excluding carboxylic acids is 1. The van der Waals surface area contributed by atoms with Crippen molar-refractivity contribution in [1.82, 2.24) is 4.98 Å². The number of hydrogen-bond donors (Lipinski definition) is 0. The van der Waals surface area contributed by atoms with E-state index in [1.54, 1.807) is 12.1 Å². The van der Waals surface area contributed by atoms with Crippen molar-refractivity contribution in [2.45, 2.75) is 6.61 Å². The van der Waals surface area contributed by atoms with Gasteiger partial charge in [0.2, 0.25) is 0 Å². The van der Waals surface area contributed by atoms with Crippen LogP contribution in [-0.2, 0) is 11.3 Å². The topological polar surface area (TPSA) is 39.2 Å². The average molecular weight is 379 g/mol. The summed E-state index contributed by atoms with van der Waals surface area (Å²) in [6.07, 6.45) is 0. The predicted octanol–water partition coefficient (Wildman–Crippen LogP) is 4.65. The first-order chi connectivity index (χ1) is 9.47. The van der Waals surface area contributed by atoms with Gasteiger partial charge in [0.05, 0.1) is 16.3 Å². The smallest absolute Gasteiger partial charge is 0.341 e. The molecule has 0 N–H and O–H groups in total. The highest BCUT2D eigenvalue weighted by atomic mass is 79.9. The number of benzene rings is 1. The fourth-order valence-electron chi connectivity index (χ4n) is 1.43. The van der Waals surface area contributed by atoms with E-state index in [-0.39, 0.29) is 17.3 Å². The Hall–Kier alpha value is -1.17. The third kappa shape index (κ3) is 3.69. The van der Waals surface area contributed by atoms with Crippen LogP contribution in [-0.4, -0.2) is 11.0 Å². The van der Waals surface area contributed by atoms with Crippen LogP contribution in [0, 0.1) is 5.82 Å².